The number of halogens is 6. The molecule has 0 saturated carbocycles. The monoisotopic (exact) mass is 346 g/mol. The zero-order chi connectivity index (χ0) is 14.7. The number of aliphatic hydroxyl groups is 1. The number of hydrogen-bond donors (Lipinski definition) is 1. The van der Waals surface area contributed by atoms with Crippen molar-refractivity contribution in [2.75, 3.05) is 6.61 Å². The first kappa shape index (κ1) is 16.4. The van der Waals surface area contributed by atoms with Crippen LogP contribution in [0.3, 0.4) is 0 Å². The van der Waals surface area contributed by atoms with Gasteiger partial charge in [0.05, 0.1) is 0 Å². The summed E-state index contributed by atoms with van der Waals surface area (Å²) in [4.78, 5) is 0. The van der Waals surface area contributed by atoms with Crippen LogP contribution in [-0.2, 0) is 6.42 Å². The molecule has 108 valence electrons. The molecule has 1 rings (SSSR count). The third-order valence-corrected chi connectivity index (χ3v) is 3.18. The van der Waals surface area contributed by atoms with Crippen molar-refractivity contribution in [3.8, 4) is 0 Å². The predicted octanol–water partition coefficient (Wildman–Crippen LogP) is 4.19. The van der Waals surface area contributed by atoms with Gasteiger partial charge in [-0.3, -0.25) is 0 Å². The lowest BCUT2D eigenvalue weighted by Gasteiger charge is -2.24. The second-order valence-corrected chi connectivity index (χ2v) is 5.20. The van der Waals surface area contributed by atoms with E-state index >= 15 is 0 Å². The molecular formula is C12H12BrF5O. The minimum absolute atomic E-state index is 0.0323. The van der Waals surface area contributed by atoms with Gasteiger partial charge in [-0.15, -0.1) is 0 Å². The van der Waals surface area contributed by atoms with Crippen molar-refractivity contribution in [3.05, 3.63) is 34.3 Å². The summed E-state index contributed by atoms with van der Waals surface area (Å²) in [6.07, 6.45) is -7.03. The molecule has 19 heavy (non-hydrogen) atoms. The molecule has 0 aliphatic heterocycles. The topological polar surface area (TPSA) is 20.2 Å². The molecule has 0 fully saturated rings. The molecule has 1 nitrogen and oxygen atoms in total. The van der Waals surface area contributed by atoms with Crippen LogP contribution in [0, 0.1) is 5.92 Å². The summed E-state index contributed by atoms with van der Waals surface area (Å²) in [6.45, 7) is -0.721. The van der Waals surface area contributed by atoms with E-state index in [-0.39, 0.29) is 6.42 Å². The number of benzene rings is 1. The first-order valence-corrected chi connectivity index (χ1v) is 6.25. The maximum absolute atomic E-state index is 12.9. The lowest BCUT2D eigenvalue weighted by Crippen LogP contribution is -2.39. The van der Waals surface area contributed by atoms with Gasteiger partial charge in [-0.05, 0) is 30.0 Å². The van der Waals surface area contributed by atoms with Crippen LogP contribution in [0.2, 0.25) is 0 Å². The Morgan fingerprint density at radius 3 is 2.00 bits per heavy atom. The number of alkyl halides is 5. The Hall–Kier alpha value is -0.690. The van der Waals surface area contributed by atoms with Crippen LogP contribution in [0.4, 0.5) is 22.0 Å². The Kier molecular flexibility index (Phi) is 5.32. The second kappa shape index (κ2) is 6.17. The molecule has 1 atom stereocenters. The Balaban J connectivity index is 2.72. The highest BCUT2D eigenvalue weighted by Crippen LogP contribution is 2.40. The lowest BCUT2D eigenvalue weighted by molar-refractivity contribution is -0.288. The van der Waals surface area contributed by atoms with Gasteiger partial charge in [0.15, 0.2) is 0 Å². The Morgan fingerprint density at radius 1 is 1.05 bits per heavy atom. The molecule has 0 amide bonds. The van der Waals surface area contributed by atoms with E-state index in [1.165, 1.54) is 0 Å². The van der Waals surface area contributed by atoms with Crippen LogP contribution >= 0.6 is 15.9 Å². The van der Waals surface area contributed by atoms with E-state index < -0.39 is 31.0 Å². The third-order valence-electron chi connectivity index (χ3n) is 2.66. The van der Waals surface area contributed by atoms with Crippen molar-refractivity contribution in [1.29, 1.82) is 0 Å². The highest BCUT2D eigenvalue weighted by Gasteiger charge is 2.57. The highest BCUT2D eigenvalue weighted by atomic mass is 79.9. The van der Waals surface area contributed by atoms with Crippen molar-refractivity contribution in [2.24, 2.45) is 5.92 Å². The molecule has 0 aliphatic carbocycles. The molecule has 0 heterocycles. The van der Waals surface area contributed by atoms with Gasteiger partial charge < -0.3 is 5.11 Å². The summed E-state index contributed by atoms with van der Waals surface area (Å²) >= 11 is 3.19. The molecule has 0 radical (unpaired) electrons. The second-order valence-electron chi connectivity index (χ2n) is 4.29. The first-order valence-electron chi connectivity index (χ1n) is 5.45. The van der Waals surface area contributed by atoms with Gasteiger partial charge in [-0.1, -0.05) is 28.1 Å². The van der Waals surface area contributed by atoms with Crippen molar-refractivity contribution in [3.63, 3.8) is 0 Å². The summed E-state index contributed by atoms with van der Waals surface area (Å²) in [7, 11) is 0. The molecule has 0 saturated heterocycles. The molecule has 1 aromatic rings. The van der Waals surface area contributed by atoms with E-state index in [0.29, 0.717) is 5.56 Å². The summed E-state index contributed by atoms with van der Waals surface area (Å²) < 4.78 is 62.8. The van der Waals surface area contributed by atoms with Gasteiger partial charge in [0, 0.05) is 17.5 Å². The average molecular weight is 347 g/mol. The fraction of sp³-hybridized carbons (Fsp3) is 0.500. The number of rotatable bonds is 5. The fourth-order valence-corrected chi connectivity index (χ4v) is 1.90. The van der Waals surface area contributed by atoms with Gasteiger partial charge in [0.1, 0.15) is 0 Å². The van der Waals surface area contributed by atoms with E-state index in [2.05, 4.69) is 15.9 Å². The average Bonchev–Trinajstić information content (AvgIpc) is 2.29. The molecule has 0 spiro atoms. The van der Waals surface area contributed by atoms with Crippen molar-refractivity contribution in [2.45, 2.75) is 24.9 Å². The zero-order valence-corrected chi connectivity index (χ0v) is 11.3. The molecular weight excluding hydrogens is 335 g/mol. The minimum Gasteiger partial charge on any atom is -0.396 e. The Labute approximate surface area is 115 Å². The SMILES string of the molecule is OCC(Cc1ccc(Br)cc1)CC(F)(F)C(F)(F)F. The molecule has 0 aromatic heterocycles. The van der Waals surface area contributed by atoms with Crippen LogP contribution in [0.1, 0.15) is 12.0 Å². The quantitative estimate of drug-likeness (QED) is 0.792. The Bertz CT molecular complexity index is 402. The van der Waals surface area contributed by atoms with E-state index in [1.807, 2.05) is 0 Å². The summed E-state index contributed by atoms with van der Waals surface area (Å²) in [5, 5.41) is 8.96. The van der Waals surface area contributed by atoms with Crippen LogP contribution in [0.5, 0.6) is 0 Å². The minimum atomic E-state index is -5.58. The number of hydrogen-bond acceptors (Lipinski definition) is 1. The van der Waals surface area contributed by atoms with Crippen LogP contribution in [0.15, 0.2) is 28.7 Å². The van der Waals surface area contributed by atoms with Gasteiger partial charge in [-0.2, -0.15) is 22.0 Å². The van der Waals surface area contributed by atoms with Crippen LogP contribution < -0.4 is 0 Å². The highest BCUT2D eigenvalue weighted by molar-refractivity contribution is 9.10. The van der Waals surface area contributed by atoms with Gasteiger partial charge in [0.25, 0.3) is 0 Å². The van der Waals surface area contributed by atoms with Crippen molar-refractivity contribution in [1.82, 2.24) is 0 Å². The maximum atomic E-state index is 12.9. The first-order chi connectivity index (χ1) is 8.65. The third kappa shape index (κ3) is 4.72. The summed E-state index contributed by atoms with van der Waals surface area (Å²) in [6, 6.07) is 6.54. The van der Waals surface area contributed by atoms with Crippen molar-refractivity contribution < 1.29 is 27.1 Å². The molecule has 0 bridgehead atoms. The molecule has 0 aliphatic rings. The fourth-order valence-electron chi connectivity index (χ4n) is 1.63. The van der Waals surface area contributed by atoms with E-state index in [1.54, 1.807) is 24.3 Å². The summed E-state index contributed by atoms with van der Waals surface area (Å²) in [5.41, 5.74) is 0.597. The smallest absolute Gasteiger partial charge is 0.396 e. The molecule has 1 N–H and O–H groups in total. The van der Waals surface area contributed by atoms with E-state index in [4.69, 9.17) is 5.11 Å². The van der Waals surface area contributed by atoms with Gasteiger partial charge >= 0.3 is 12.1 Å². The molecule has 1 unspecified atom stereocenters. The molecule has 7 heteroatoms. The largest absolute Gasteiger partial charge is 0.453 e. The standard InChI is InChI=1S/C12H12BrF5O/c13-10-3-1-8(2-4-10)5-9(7-19)6-11(14,15)12(16,17)18/h1-4,9,19H,5-7H2. The molecule has 1 aromatic carbocycles. The predicted molar refractivity (Wildman–Crippen MR) is 64.0 cm³/mol. The van der Waals surface area contributed by atoms with Crippen LogP contribution in [-0.4, -0.2) is 23.8 Å². The van der Waals surface area contributed by atoms with Gasteiger partial charge in [-0.25, -0.2) is 0 Å². The van der Waals surface area contributed by atoms with E-state index in [0.717, 1.165) is 4.47 Å². The lowest BCUT2D eigenvalue weighted by atomic mass is 9.94. The normalized spacial score (nSPS) is 14.5. The van der Waals surface area contributed by atoms with Crippen molar-refractivity contribution >= 4 is 15.9 Å². The zero-order valence-electron chi connectivity index (χ0n) is 9.72. The maximum Gasteiger partial charge on any atom is 0.453 e. The van der Waals surface area contributed by atoms with Gasteiger partial charge in [0.2, 0.25) is 0 Å². The van der Waals surface area contributed by atoms with E-state index in [9.17, 15) is 22.0 Å². The Morgan fingerprint density at radius 2 is 1.58 bits per heavy atom. The van der Waals surface area contributed by atoms with Crippen LogP contribution in [0.25, 0.3) is 0 Å². The summed E-state index contributed by atoms with van der Waals surface area (Å²) in [5.74, 6) is -5.92. The number of aliphatic hydroxyl groups excluding tert-OH is 1.